The van der Waals surface area contributed by atoms with Crippen LogP contribution in [-0.2, 0) is 7.05 Å². The lowest BCUT2D eigenvalue weighted by molar-refractivity contribution is 0.0953. The summed E-state index contributed by atoms with van der Waals surface area (Å²) in [6, 6.07) is 3.64. The molecule has 0 unspecified atom stereocenters. The minimum absolute atomic E-state index is 0.172. The first kappa shape index (κ1) is 11.9. The van der Waals surface area contributed by atoms with Crippen molar-refractivity contribution in [2.24, 2.45) is 7.05 Å². The number of nitrogens with one attached hydrogen (secondary N) is 2. The van der Waals surface area contributed by atoms with Crippen molar-refractivity contribution in [3.05, 3.63) is 34.2 Å². The SMILES string of the molecule is Cn1ccc(C(=O)NCCNC2CC2)cc1=O. The van der Waals surface area contributed by atoms with E-state index in [1.165, 1.54) is 23.5 Å². The fourth-order valence-electron chi connectivity index (χ4n) is 1.53. The Morgan fingerprint density at radius 2 is 2.24 bits per heavy atom. The molecule has 92 valence electrons. The number of hydrogen-bond donors (Lipinski definition) is 2. The summed E-state index contributed by atoms with van der Waals surface area (Å²) < 4.78 is 1.44. The molecule has 5 heteroatoms. The normalized spacial score (nSPS) is 14.6. The van der Waals surface area contributed by atoms with Gasteiger partial charge >= 0.3 is 0 Å². The van der Waals surface area contributed by atoms with Crippen LogP contribution < -0.4 is 16.2 Å². The molecule has 2 N–H and O–H groups in total. The summed E-state index contributed by atoms with van der Waals surface area (Å²) >= 11 is 0. The average molecular weight is 235 g/mol. The van der Waals surface area contributed by atoms with Crippen molar-refractivity contribution in [1.82, 2.24) is 15.2 Å². The molecule has 1 aliphatic carbocycles. The lowest BCUT2D eigenvalue weighted by Crippen LogP contribution is -2.33. The number of aryl methyl sites for hydroxylation is 1. The molecule has 0 spiro atoms. The molecule has 0 aliphatic heterocycles. The molecule has 1 aliphatic rings. The van der Waals surface area contributed by atoms with Gasteiger partial charge in [-0.1, -0.05) is 0 Å². The summed E-state index contributed by atoms with van der Waals surface area (Å²) in [5, 5.41) is 6.08. The average Bonchev–Trinajstić information content (AvgIpc) is 3.12. The molecule has 0 radical (unpaired) electrons. The monoisotopic (exact) mass is 235 g/mol. The van der Waals surface area contributed by atoms with Crippen molar-refractivity contribution in [2.75, 3.05) is 13.1 Å². The van der Waals surface area contributed by atoms with Crippen molar-refractivity contribution < 1.29 is 4.79 Å². The molecule has 17 heavy (non-hydrogen) atoms. The van der Waals surface area contributed by atoms with E-state index >= 15 is 0 Å². The molecule has 1 fully saturated rings. The quantitative estimate of drug-likeness (QED) is 0.699. The molecular weight excluding hydrogens is 218 g/mol. The van der Waals surface area contributed by atoms with Gasteiger partial charge in [0.25, 0.3) is 11.5 Å². The zero-order valence-corrected chi connectivity index (χ0v) is 9.90. The Morgan fingerprint density at radius 1 is 1.47 bits per heavy atom. The van der Waals surface area contributed by atoms with E-state index in [2.05, 4.69) is 10.6 Å². The smallest absolute Gasteiger partial charge is 0.251 e. The minimum Gasteiger partial charge on any atom is -0.351 e. The highest BCUT2D eigenvalue weighted by Gasteiger charge is 2.19. The van der Waals surface area contributed by atoms with E-state index in [1.54, 1.807) is 19.3 Å². The van der Waals surface area contributed by atoms with E-state index in [4.69, 9.17) is 0 Å². The fraction of sp³-hybridized carbons (Fsp3) is 0.500. The van der Waals surface area contributed by atoms with Gasteiger partial charge < -0.3 is 15.2 Å². The Bertz CT molecular complexity index is 463. The first-order chi connectivity index (χ1) is 8.16. The predicted molar refractivity (Wildman–Crippen MR) is 65.0 cm³/mol. The molecule has 0 saturated heterocycles. The number of carbonyl (C=O) groups is 1. The summed E-state index contributed by atoms with van der Waals surface area (Å²) in [5.41, 5.74) is 0.244. The second-order valence-corrected chi connectivity index (χ2v) is 4.35. The molecule has 2 rings (SSSR count). The van der Waals surface area contributed by atoms with Crippen LogP contribution in [0.2, 0.25) is 0 Å². The van der Waals surface area contributed by atoms with Crippen LogP contribution in [0, 0.1) is 0 Å². The maximum atomic E-state index is 11.7. The van der Waals surface area contributed by atoms with Crippen molar-refractivity contribution in [3.63, 3.8) is 0 Å². The zero-order chi connectivity index (χ0) is 12.3. The Morgan fingerprint density at radius 3 is 2.88 bits per heavy atom. The third-order valence-electron chi connectivity index (χ3n) is 2.79. The van der Waals surface area contributed by atoms with Gasteiger partial charge in [-0.15, -0.1) is 0 Å². The minimum atomic E-state index is -0.194. The predicted octanol–water partition coefficient (Wildman–Crippen LogP) is -0.133. The number of hydrogen-bond acceptors (Lipinski definition) is 3. The van der Waals surface area contributed by atoms with Crippen LogP contribution in [-0.4, -0.2) is 29.6 Å². The summed E-state index contributed by atoms with van der Waals surface area (Å²) in [4.78, 5) is 23.0. The highest BCUT2D eigenvalue weighted by atomic mass is 16.2. The third kappa shape index (κ3) is 3.42. The molecule has 0 atom stereocenters. The van der Waals surface area contributed by atoms with Crippen LogP contribution in [0.5, 0.6) is 0 Å². The van der Waals surface area contributed by atoms with E-state index in [1.807, 2.05) is 0 Å². The zero-order valence-electron chi connectivity index (χ0n) is 9.90. The van der Waals surface area contributed by atoms with Crippen molar-refractivity contribution >= 4 is 5.91 Å². The molecule has 1 aromatic rings. The molecule has 1 aromatic heterocycles. The van der Waals surface area contributed by atoms with E-state index in [9.17, 15) is 9.59 Å². The maximum absolute atomic E-state index is 11.7. The summed E-state index contributed by atoms with van der Waals surface area (Å²) in [6.45, 7) is 1.37. The van der Waals surface area contributed by atoms with E-state index in [0.717, 1.165) is 6.54 Å². The van der Waals surface area contributed by atoms with E-state index in [-0.39, 0.29) is 11.5 Å². The first-order valence-electron chi connectivity index (χ1n) is 5.85. The lowest BCUT2D eigenvalue weighted by atomic mass is 10.2. The van der Waals surface area contributed by atoms with Gasteiger partial charge in [-0.05, 0) is 18.9 Å². The second-order valence-electron chi connectivity index (χ2n) is 4.35. The largest absolute Gasteiger partial charge is 0.351 e. The fourth-order valence-corrected chi connectivity index (χ4v) is 1.53. The molecule has 1 amide bonds. The van der Waals surface area contributed by atoms with Crippen molar-refractivity contribution in [3.8, 4) is 0 Å². The number of pyridine rings is 1. The van der Waals surface area contributed by atoms with Crippen LogP contribution >= 0.6 is 0 Å². The standard InChI is InChI=1S/C12H17N3O2/c1-15-7-4-9(8-11(15)16)12(17)14-6-5-13-10-2-3-10/h4,7-8,10,13H,2-3,5-6H2,1H3,(H,14,17). The van der Waals surface area contributed by atoms with Crippen LogP contribution in [0.15, 0.2) is 23.1 Å². The van der Waals surface area contributed by atoms with Gasteiger partial charge in [0.2, 0.25) is 0 Å². The Kier molecular flexibility index (Phi) is 3.58. The Labute approximate surface area is 99.8 Å². The topological polar surface area (TPSA) is 63.1 Å². The van der Waals surface area contributed by atoms with Gasteiger partial charge in [-0.25, -0.2) is 0 Å². The summed E-state index contributed by atoms with van der Waals surface area (Å²) in [7, 11) is 1.66. The molecule has 1 heterocycles. The maximum Gasteiger partial charge on any atom is 0.251 e. The van der Waals surface area contributed by atoms with E-state index < -0.39 is 0 Å². The molecule has 0 bridgehead atoms. The molecule has 0 aromatic carbocycles. The highest BCUT2D eigenvalue weighted by Crippen LogP contribution is 2.17. The van der Waals surface area contributed by atoms with Crippen LogP contribution in [0.4, 0.5) is 0 Å². The third-order valence-corrected chi connectivity index (χ3v) is 2.79. The molecular formula is C12H17N3O2. The van der Waals surface area contributed by atoms with Crippen LogP contribution in [0.3, 0.4) is 0 Å². The molecule has 1 saturated carbocycles. The van der Waals surface area contributed by atoms with E-state index in [0.29, 0.717) is 18.2 Å². The number of aromatic nitrogens is 1. The second kappa shape index (κ2) is 5.14. The van der Waals surface area contributed by atoms with Gasteiger partial charge in [0, 0.05) is 44.0 Å². The van der Waals surface area contributed by atoms with Gasteiger partial charge in [-0.3, -0.25) is 9.59 Å². The Hall–Kier alpha value is -1.62. The van der Waals surface area contributed by atoms with Crippen molar-refractivity contribution in [1.29, 1.82) is 0 Å². The number of rotatable bonds is 5. The molecule has 5 nitrogen and oxygen atoms in total. The first-order valence-corrected chi connectivity index (χ1v) is 5.85. The van der Waals surface area contributed by atoms with Gasteiger partial charge in [0.1, 0.15) is 0 Å². The van der Waals surface area contributed by atoms with Crippen molar-refractivity contribution in [2.45, 2.75) is 18.9 Å². The highest BCUT2D eigenvalue weighted by molar-refractivity contribution is 5.93. The van der Waals surface area contributed by atoms with Crippen LogP contribution in [0.1, 0.15) is 23.2 Å². The summed E-state index contributed by atoms with van der Waals surface area (Å²) in [5.74, 6) is -0.194. The summed E-state index contributed by atoms with van der Waals surface area (Å²) in [6.07, 6.45) is 4.07. The van der Waals surface area contributed by atoms with Gasteiger partial charge in [0.15, 0.2) is 0 Å². The van der Waals surface area contributed by atoms with Gasteiger partial charge in [-0.2, -0.15) is 0 Å². The van der Waals surface area contributed by atoms with Crippen LogP contribution in [0.25, 0.3) is 0 Å². The Balaban J connectivity index is 1.81. The number of nitrogens with zero attached hydrogens (tertiary/aromatic N) is 1. The number of amides is 1. The lowest BCUT2D eigenvalue weighted by Gasteiger charge is -2.06. The van der Waals surface area contributed by atoms with Gasteiger partial charge in [0.05, 0.1) is 0 Å². The number of carbonyl (C=O) groups excluding carboxylic acids is 1.